The Bertz CT molecular complexity index is 1510. The third-order valence-electron chi connectivity index (χ3n) is 4.99. The molecule has 34 heavy (non-hydrogen) atoms. The van der Waals surface area contributed by atoms with Crippen LogP contribution in [-0.4, -0.2) is 38.1 Å². The molecule has 12 heteroatoms. The van der Waals surface area contributed by atoms with Crippen molar-refractivity contribution in [3.8, 4) is 23.1 Å². The molecule has 5 aromatic rings. The number of nitrogens with zero attached hydrogens (tertiary/aromatic N) is 3. The number of nitrogens with one attached hydrogen (secondary N) is 4. The number of ether oxygens (including phenoxy) is 1. The third-order valence-corrected chi connectivity index (χ3v) is 4.99. The van der Waals surface area contributed by atoms with Crippen LogP contribution in [0.5, 0.6) is 11.6 Å². The smallest absolute Gasteiger partial charge is 0.260 e. The first-order chi connectivity index (χ1) is 16.4. The second-order valence-electron chi connectivity index (χ2n) is 7.26. The van der Waals surface area contributed by atoms with Gasteiger partial charge in [-0.3, -0.25) is 9.89 Å². The predicted octanol–water partition coefficient (Wildman–Crippen LogP) is 4.42. The molecule has 0 atom stereocenters. The maximum Gasteiger partial charge on any atom is 0.260 e. The van der Waals surface area contributed by atoms with E-state index in [9.17, 15) is 9.18 Å². The molecule has 172 valence electrons. The molecule has 0 aliphatic heterocycles. The quantitative estimate of drug-likeness (QED) is 0.292. The number of H-pyrrole nitrogens is 2. The zero-order valence-corrected chi connectivity index (χ0v) is 17.9. The fourth-order valence-corrected chi connectivity index (χ4v) is 3.45. The van der Waals surface area contributed by atoms with E-state index in [1.165, 1.54) is 19.4 Å². The second-order valence-corrected chi connectivity index (χ2v) is 7.26. The summed E-state index contributed by atoms with van der Waals surface area (Å²) in [5.41, 5.74) is 1.06. The maximum atomic E-state index is 15.1. The number of aromatic amines is 2. The van der Waals surface area contributed by atoms with Crippen molar-refractivity contribution in [2.75, 3.05) is 12.4 Å². The Morgan fingerprint density at radius 1 is 1.21 bits per heavy atom. The van der Waals surface area contributed by atoms with Crippen LogP contribution in [0.1, 0.15) is 16.1 Å². The Balaban J connectivity index is 1.53. The Morgan fingerprint density at radius 2 is 2.06 bits per heavy atom. The number of fused-ring (bicyclic) bond motifs is 1. The van der Waals surface area contributed by atoms with E-state index in [2.05, 4.69) is 35.8 Å². The van der Waals surface area contributed by atoms with Gasteiger partial charge in [0.05, 0.1) is 11.8 Å². The summed E-state index contributed by atoms with van der Waals surface area (Å²) in [6.07, 6.45) is 2.65. The van der Waals surface area contributed by atoms with Crippen molar-refractivity contribution < 1.29 is 22.7 Å². The Hall–Kier alpha value is -4.74. The first kappa shape index (κ1) is 21.1. The number of halogens is 2. The fourth-order valence-electron chi connectivity index (χ4n) is 3.45. The molecule has 0 saturated carbocycles. The molecule has 0 bridgehead atoms. The minimum absolute atomic E-state index is 0.0170. The largest absolute Gasteiger partial charge is 0.463 e. The molecule has 10 nitrogen and oxygen atoms in total. The number of rotatable bonds is 6. The number of carbonyl (C=O) groups excluding carboxylic acids is 1. The molecule has 0 spiro atoms. The minimum atomic E-state index is -0.799. The van der Waals surface area contributed by atoms with Gasteiger partial charge in [0.2, 0.25) is 5.88 Å². The molecule has 0 radical (unpaired) electrons. The van der Waals surface area contributed by atoms with Gasteiger partial charge in [-0.25, -0.2) is 18.7 Å². The topological polar surface area (TPSA) is 134 Å². The first-order valence-electron chi connectivity index (χ1n) is 10.0. The van der Waals surface area contributed by atoms with Crippen LogP contribution in [0.3, 0.4) is 0 Å². The highest BCUT2D eigenvalue weighted by atomic mass is 19.1. The number of aryl methyl sites for hydroxylation is 1. The highest BCUT2D eigenvalue weighted by molar-refractivity contribution is 6.01. The van der Waals surface area contributed by atoms with Crippen molar-refractivity contribution in [1.29, 1.82) is 0 Å². The fraction of sp³-hybridized carbons (Fsp3) is 0.0909. The first-order valence-corrected chi connectivity index (χ1v) is 10.0. The molecule has 4 heterocycles. The number of anilines is 2. The Morgan fingerprint density at radius 3 is 2.82 bits per heavy atom. The average molecular weight is 465 g/mol. The van der Waals surface area contributed by atoms with E-state index in [0.717, 1.165) is 12.4 Å². The lowest BCUT2D eigenvalue weighted by Crippen LogP contribution is -2.21. The van der Waals surface area contributed by atoms with Gasteiger partial charge in [-0.1, -0.05) is 0 Å². The van der Waals surface area contributed by atoms with Crippen molar-refractivity contribution in [3.63, 3.8) is 0 Å². The SMILES string of the molecule is CNC(=O)c1c(Nc2cc(-c3ccco3)[nH]n2)ncnc1Oc1cc(F)c2[nH]c(C)cc2c1F. The summed E-state index contributed by atoms with van der Waals surface area (Å²) in [5.74, 6) is -1.90. The van der Waals surface area contributed by atoms with Crippen LogP contribution >= 0.6 is 0 Å². The number of hydrogen-bond acceptors (Lipinski definition) is 7. The van der Waals surface area contributed by atoms with E-state index in [1.54, 1.807) is 25.1 Å². The van der Waals surface area contributed by atoms with Crippen LogP contribution in [0, 0.1) is 18.6 Å². The lowest BCUT2D eigenvalue weighted by molar-refractivity contribution is 0.0960. The summed E-state index contributed by atoms with van der Waals surface area (Å²) in [7, 11) is 1.40. The van der Waals surface area contributed by atoms with Gasteiger partial charge in [-0.05, 0) is 25.1 Å². The zero-order chi connectivity index (χ0) is 23.8. The Kier molecular flexibility index (Phi) is 5.17. The number of carbonyl (C=O) groups is 1. The monoisotopic (exact) mass is 465 g/mol. The van der Waals surface area contributed by atoms with Crippen LogP contribution in [0.25, 0.3) is 22.4 Å². The summed E-state index contributed by atoms with van der Waals surface area (Å²) in [4.78, 5) is 23.5. The molecule has 0 unspecified atom stereocenters. The van der Waals surface area contributed by atoms with Gasteiger partial charge in [-0.15, -0.1) is 0 Å². The second kappa shape index (κ2) is 8.31. The number of furan rings is 1. The lowest BCUT2D eigenvalue weighted by Gasteiger charge is -2.13. The van der Waals surface area contributed by atoms with E-state index >= 15 is 4.39 Å². The Labute approximate surface area is 190 Å². The maximum absolute atomic E-state index is 15.1. The standard InChI is InChI=1S/C22H17F2N7O3/c1-10-6-11-18(24)15(7-12(23)19(11)28-10)34-22-17(21(32)25-2)20(26-9-27-22)29-16-8-13(30-31-16)14-4-3-5-33-14/h3-9,28H,1-2H3,(H,25,32)(H2,26,27,29,30,31). The number of aromatic nitrogens is 5. The van der Waals surface area contributed by atoms with E-state index in [-0.39, 0.29) is 28.2 Å². The van der Waals surface area contributed by atoms with E-state index in [4.69, 9.17) is 9.15 Å². The lowest BCUT2D eigenvalue weighted by atomic mass is 10.2. The molecule has 4 N–H and O–H groups in total. The average Bonchev–Trinajstić information content (AvgIpc) is 3.58. The van der Waals surface area contributed by atoms with Crippen LogP contribution in [0.4, 0.5) is 20.4 Å². The summed E-state index contributed by atoms with van der Waals surface area (Å²) in [5, 5.41) is 12.3. The minimum Gasteiger partial charge on any atom is -0.463 e. The normalized spacial score (nSPS) is 11.1. The molecule has 1 aromatic carbocycles. The number of benzene rings is 1. The number of hydrogen-bond donors (Lipinski definition) is 4. The van der Waals surface area contributed by atoms with Crippen LogP contribution in [-0.2, 0) is 0 Å². The summed E-state index contributed by atoms with van der Waals surface area (Å²) in [6, 6.07) is 7.48. The van der Waals surface area contributed by atoms with Crippen LogP contribution in [0.2, 0.25) is 0 Å². The predicted molar refractivity (Wildman–Crippen MR) is 118 cm³/mol. The molecule has 5 rings (SSSR count). The van der Waals surface area contributed by atoms with Crippen LogP contribution < -0.4 is 15.4 Å². The molecule has 0 aliphatic carbocycles. The van der Waals surface area contributed by atoms with Gasteiger partial charge in [0.1, 0.15) is 17.6 Å². The van der Waals surface area contributed by atoms with Gasteiger partial charge in [-0.2, -0.15) is 5.10 Å². The molecular formula is C22H17F2N7O3. The highest BCUT2D eigenvalue weighted by Crippen LogP contribution is 2.34. The molecule has 0 aliphatic rings. The summed E-state index contributed by atoms with van der Waals surface area (Å²) < 4.78 is 40.5. The van der Waals surface area contributed by atoms with E-state index in [0.29, 0.717) is 23.0 Å². The van der Waals surface area contributed by atoms with Crippen LogP contribution in [0.15, 0.2) is 47.3 Å². The van der Waals surface area contributed by atoms with Gasteiger partial charge in [0.15, 0.2) is 34.8 Å². The van der Waals surface area contributed by atoms with Gasteiger partial charge in [0.25, 0.3) is 5.91 Å². The van der Waals surface area contributed by atoms with E-state index < -0.39 is 23.3 Å². The van der Waals surface area contributed by atoms with E-state index in [1.807, 2.05) is 0 Å². The summed E-state index contributed by atoms with van der Waals surface area (Å²) >= 11 is 0. The molecule has 0 saturated heterocycles. The van der Waals surface area contributed by atoms with Gasteiger partial charge >= 0.3 is 0 Å². The van der Waals surface area contributed by atoms with Crippen molar-refractivity contribution in [2.45, 2.75) is 6.92 Å². The zero-order valence-electron chi connectivity index (χ0n) is 17.9. The molecule has 1 amide bonds. The molecule has 4 aromatic heterocycles. The highest BCUT2D eigenvalue weighted by Gasteiger charge is 2.24. The number of amides is 1. The van der Waals surface area contributed by atoms with Gasteiger partial charge in [0, 0.05) is 30.3 Å². The van der Waals surface area contributed by atoms with Crippen molar-refractivity contribution in [3.05, 3.63) is 65.8 Å². The summed E-state index contributed by atoms with van der Waals surface area (Å²) in [6.45, 7) is 1.68. The van der Waals surface area contributed by atoms with Crippen molar-refractivity contribution >= 4 is 28.4 Å². The van der Waals surface area contributed by atoms with Gasteiger partial charge < -0.3 is 24.8 Å². The van der Waals surface area contributed by atoms with Crippen molar-refractivity contribution in [1.82, 2.24) is 30.5 Å². The van der Waals surface area contributed by atoms with Crippen molar-refractivity contribution in [2.24, 2.45) is 0 Å². The third kappa shape index (κ3) is 3.70. The molecule has 0 fully saturated rings. The molecular weight excluding hydrogens is 448 g/mol.